The second-order valence-corrected chi connectivity index (χ2v) is 12.6. The minimum atomic E-state index is -3.52. The van der Waals surface area contributed by atoms with E-state index in [4.69, 9.17) is 9.47 Å². The largest absolute Gasteiger partial charge is 0.464 e. The van der Waals surface area contributed by atoms with Crippen LogP contribution in [-0.4, -0.2) is 76.6 Å². The summed E-state index contributed by atoms with van der Waals surface area (Å²) >= 11 is 0. The highest BCUT2D eigenvalue weighted by Crippen LogP contribution is 2.53. The first-order chi connectivity index (χ1) is 18.2. The molecule has 1 aliphatic carbocycles. The quantitative estimate of drug-likeness (QED) is 0.170. The number of sulfonamides is 1. The maximum absolute atomic E-state index is 12.4. The van der Waals surface area contributed by atoms with Gasteiger partial charge >= 0.3 is 5.97 Å². The Morgan fingerprint density at radius 1 is 1.16 bits per heavy atom. The molecule has 0 radical (unpaired) electrons. The lowest BCUT2D eigenvalue weighted by atomic mass is 9.61. The normalized spacial score (nSPS) is 18.5. The zero-order valence-corrected chi connectivity index (χ0v) is 24.0. The van der Waals surface area contributed by atoms with Crippen molar-refractivity contribution in [3.05, 3.63) is 29.8 Å². The molecule has 1 atom stereocenters. The van der Waals surface area contributed by atoms with E-state index in [-0.39, 0.29) is 11.4 Å². The van der Waals surface area contributed by atoms with Crippen LogP contribution in [0.2, 0.25) is 0 Å². The summed E-state index contributed by atoms with van der Waals surface area (Å²) in [5.74, 6) is -0.161. The zero-order chi connectivity index (χ0) is 27.4. The maximum atomic E-state index is 12.4. The van der Waals surface area contributed by atoms with E-state index < -0.39 is 16.1 Å². The smallest absolute Gasteiger partial charge is 0.305 e. The van der Waals surface area contributed by atoms with Gasteiger partial charge in [-0.25, -0.2) is 18.3 Å². The number of morpholine rings is 1. The van der Waals surface area contributed by atoms with Gasteiger partial charge in [-0.2, -0.15) is 0 Å². The fraction of sp³-hybridized carbons (Fsp3) is 0.750. The highest BCUT2D eigenvalue weighted by Gasteiger charge is 2.43. The number of hydrogen-bond acceptors (Lipinski definition) is 8. The molecule has 2 fully saturated rings. The van der Waals surface area contributed by atoms with E-state index >= 15 is 0 Å². The number of rotatable bonds is 17. The van der Waals surface area contributed by atoms with Crippen molar-refractivity contribution in [3.63, 3.8) is 0 Å². The number of unbranched alkanes of at least 4 members (excludes halogenated alkanes) is 3. The first-order valence-corrected chi connectivity index (χ1v) is 16.1. The van der Waals surface area contributed by atoms with Gasteiger partial charge in [0.15, 0.2) is 0 Å². The number of ether oxygens (including phenoxy) is 2. The van der Waals surface area contributed by atoms with Crippen LogP contribution in [0.5, 0.6) is 0 Å². The second-order valence-electron chi connectivity index (χ2n) is 10.7. The highest BCUT2D eigenvalue weighted by molar-refractivity contribution is 7.92. The molecular formula is C28H47N3O6S. The summed E-state index contributed by atoms with van der Waals surface area (Å²) in [5.41, 5.74) is 4.37. The van der Waals surface area contributed by atoms with Crippen LogP contribution in [0.1, 0.15) is 82.8 Å². The molecule has 0 bridgehead atoms. The van der Waals surface area contributed by atoms with Crippen LogP contribution in [0.3, 0.4) is 0 Å². The number of esters is 1. The SMILES string of the molecule is CCCC1(C(O)c2ccc(N(NCCCCCCC(=O)OCCN3CCOCC3)S(C)(=O)=O)cc2)CCC1. The number of carbonyl (C=O) groups is 1. The minimum Gasteiger partial charge on any atom is -0.464 e. The summed E-state index contributed by atoms with van der Waals surface area (Å²) in [6.45, 7) is 7.06. The Balaban J connectivity index is 1.35. The van der Waals surface area contributed by atoms with Crippen molar-refractivity contribution in [2.75, 3.05) is 56.7 Å². The molecule has 0 aromatic heterocycles. The molecule has 2 aliphatic rings. The Kier molecular flexibility index (Phi) is 12.3. The Morgan fingerprint density at radius 3 is 2.45 bits per heavy atom. The van der Waals surface area contributed by atoms with Crippen molar-refractivity contribution >= 4 is 21.7 Å². The number of benzene rings is 1. The van der Waals surface area contributed by atoms with E-state index in [1.54, 1.807) is 12.1 Å². The number of hydrazine groups is 1. The predicted molar refractivity (Wildman–Crippen MR) is 149 cm³/mol. The summed E-state index contributed by atoms with van der Waals surface area (Å²) in [5, 5.41) is 11.0. The lowest BCUT2D eigenvalue weighted by molar-refractivity contribution is -0.144. The molecule has 2 N–H and O–H groups in total. The number of anilines is 1. The van der Waals surface area contributed by atoms with Crippen molar-refractivity contribution in [1.82, 2.24) is 10.3 Å². The molecule has 1 aromatic carbocycles. The molecule has 0 spiro atoms. The van der Waals surface area contributed by atoms with Crippen molar-refractivity contribution < 1.29 is 27.8 Å². The van der Waals surface area contributed by atoms with Gasteiger partial charge in [-0.3, -0.25) is 9.69 Å². The van der Waals surface area contributed by atoms with Crippen molar-refractivity contribution in [1.29, 1.82) is 0 Å². The van der Waals surface area contributed by atoms with Gasteiger partial charge in [0.1, 0.15) is 6.61 Å². The molecular weight excluding hydrogens is 506 g/mol. The highest BCUT2D eigenvalue weighted by atomic mass is 32.2. The maximum Gasteiger partial charge on any atom is 0.305 e. The van der Waals surface area contributed by atoms with Gasteiger partial charge in [-0.05, 0) is 49.8 Å². The number of hydrogen-bond donors (Lipinski definition) is 2. The fourth-order valence-corrected chi connectivity index (χ4v) is 6.28. The Labute approximate surface area is 228 Å². The lowest BCUT2D eigenvalue weighted by Gasteiger charge is -2.46. The Bertz CT molecular complexity index is 946. The van der Waals surface area contributed by atoms with Crippen molar-refractivity contribution in [2.45, 2.75) is 77.2 Å². The van der Waals surface area contributed by atoms with Crippen LogP contribution in [0.4, 0.5) is 5.69 Å². The molecule has 1 heterocycles. The minimum absolute atomic E-state index is 0.0370. The monoisotopic (exact) mass is 553 g/mol. The first-order valence-electron chi connectivity index (χ1n) is 14.2. The third-order valence-corrected chi connectivity index (χ3v) is 8.79. The van der Waals surface area contributed by atoms with E-state index in [1.165, 1.54) is 10.7 Å². The predicted octanol–water partition coefficient (Wildman–Crippen LogP) is 3.79. The zero-order valence-electron chi connectivity index (χ0n) is 23.2. The number of nitrogens with one attached hydrogen (secondary N) is 1. The molecule has 1 aromatic rings. The first kappa shape index (κ1) is 30.8. The van der Waals surface area contributed by atoms with Crippen LogP contribution in [0, 0.1) is 5.41 Å². The standard InChI is InChI=1S/C28H47N3O6S/c1-3-14-28(15-8-16-28)27(33)24-10-12-25(13-11-24)31(38(2,34)35)29-17-7-5-4-6-9-26(32)37-23-20-30-18-21-36-22-19-30/h10-13,27,29,33H,3-9,14-23H2,1-2H3. The Morgan fingerprint density at radius 2 is 1.84 bits per heavy atom. The second kappa shape index (κ2) is 15.2. The average Bonchev–Trinajstić information content (AvgIpc) is 2.87. The van der Waals surface area contributed by atoms with Gasteiger partial charge in [0.05, 0.1) is 31.3 Å². The fourth-order valence-electron chi connectivity index (χ4n) is 5.45. The van der Waals surface area contributed by atoms with Crippen LogP contribution < -0.4 is 9.84 Å². The van der Waals surface area contributed by atoms with Crippen molar-refractivity contribution in [2.24, 2.45) is 5.41 Å². The van der Waals surface area contributed by atoms with E-state index in [0.717, 1.165) is 96.2 Å². The van der Waals surface area contributed by atoms with Gasteiger partial charge in [-0.15, -0.1) is 0 Å². The van der Waals surface area contributed by atoms with Gasteiger partial charge in [0.25, 0.3) is 0 Å². The molecule has 1 saturated carbocycles. The summed E-state index contributed by atoms with van der Waals surface area (Å²) in [7, 11) is -3.52. The van der Waals surface area contributed by atoms with Gasteiger partial charge in [0.2, 0.25) is 10.0 Å². The summed E-state index contributed by atoms with van der Waals surface area (Å²) < 4.78 is 36.7. The molecule has 0 amide bonds. The number of carbonyl (C=O) groups excluding carboxylic acids is 1. The van der Waals surface area contributed by atoms with Crippen molar-refractivity contribution in [3.8, 4) is 0 Å². The molecule has 9 nitrogen and oxygen atoms in total. The van der Waals surface area contributed by atoms with E-state index in [0.29, 0.717) is 25.3 Å². The molecule has 1 unspecified atom stereocenters. The average molecular weight is 554 g/mol. The van der Waals surface area contributed by atoms with Gasteiger partial charge in [-0.1, -0.05) is 44.7 Å². The van der Waals surface area contributed by atoms with E-state index in [9.17, 15) is 18.3 Å². The summed E-state index contributed by atoms with van der Waals surface area (Å²) in [6, 6.07) is 7.20. The third kappa shape index (κ3) is 9.19. The number of aliphatic hydroxyl groups is 1. The summed E-state index contributed by atoms with van der Waals surface area (Å²) in [6.07, 6.45) is 9.65. The third-order valence-electron chi connectivity index (χ3n) is 7.79. The van der Waals surface area contributed by atoms with Gasteiger partial charge in [0, 0.05) is 38.0 Å². The molecule has 38 heavy (non-hydrogen) atoms. The van der Waals surface area contributed by atoms with E-state index in [2.05, 4.69) is 17.2 Å². The van der Waals surface area contributed by atoms with Gasteiger partial charge < -0.3 is 14.6 Å². The number of nitrogens with zero attached hydrogens (tertiary/aromatic N) is 2. The molecule has 1 saturated heterocycles. The van der Waals surface area contributed by atoms with Crippen LogP contribution in [0.15, 0.2) is 24.3 Å². The lowest BCUT2D eigenvalue weighted by Crippen LogP contribution is -2.43. The molecule has 216 valence electrons. The van der Waals surface area contributed by atoms with Crippen LogP contribution in [-0.2, 0) is 24.3 Å². The molecule has 10 heteroatoms. The molecule has 3 rings (SSSR count). The topological polar surface area (TPSA) is 108 Å². The van der Waals surface area contributed by atoms with E-state index in [1.807, 2.05) is 12.1 Å². The molecule has 1 aliphatic heterocycles. The number of aliphatic hydroxyl groups excluding tert-OH is 1. The van der Waals surface area contributed by atoms with Crippen LogP contribution >= 0.6 is 0 Å². The Hall–Kier alpha value is -1.72. The summed E-state index contributed by atoms with van der Waals surface area (Å²) in [4.78, 5) is 14.2. The van der Waals surface area contributed by atoms with Crippen LogP contribution in [0.25, 0.3) is 0 Å².